The van der Waals surface area contributed by atoms with E-state index in [0.29, 0.717) is 17.4 Å². The van der Waals surface area contributed by atoms with Crippen molar-refractivity contribution in [2.45, 2.75) is 456 Å². The fourth-order valence-corrected chi connectivity index (χ4v) is 14.0. The quantitative estimate of drug-likeness (QED) is 0.0243. The third kappa shape index (κ3) is 79.7. The second-order valence-corrected chi connectivity index (χ2v) is 32.0. The first-order chi connectivity index (χ1) is 46.5. The van der Waals surface area contributed by atoms with E-state index in [4.69, 9.17) is 9.05 Å². The third-order valence-electron chi connectivity index (χ3n) is 19.8. The van der Waals surface area contributed by atoms with E-state index in [2.05, 4.69) is 55.6 Å². The Balaban J connectivity index is 3.92. The fourth-order valence-electron chi connectivity index (χ4n) is 13.2. The number of hydrogen-bond donors (Lipinski definition) is 3. The zero-order valence-corrected chi connectivity index (χ0v) is 65.6. The molecule has 0 spiro atoms. The largest absolute Gasteiger partial charge is 0.472 e. The number of allylic oxidation sites excluding steroid dienone is 7. The van der Waals surface area contributed by atoms with Gasteiger partial charge >= 0.3 is 7.82 Å². The molecule has 0 heterocycles. The minimum absolute atomic E-state index is 0.0582. The summed E-state index contributed by atoms with van der Waals surface area (Å²) in [4.78, 5) is 23.5. The van der Waals surface area contributed by atoms with Crippen LogP contribution in [-0.4, -0.2) is 73.4 Å². The molecule has 0 aromatic heterocycles. The summed E-state index contributed by atoms with van der Waals surface area (Å²) in [5.41, 5.74) is 0. The van der Waals surface area contributed by atoms with Crippen molar-refractivity contribution in [3.05, 3.63) is 48.6 Å². The number of nitrogens with one attached hydrogen (secondary N) is 1. The number of unbranched alkanes of at least 4 members (excludes halogenated alkanes) is 61. The van der Waals surface area contributed by atoms with Crippen molar-refractivity contribution < 1.29 is 32.9 Å². The molecule has 95 heavy (non-hydrogen) atoms. The van der Waals surface area contributed by atoms with Crippen LogP contribution in [0.3, 0.4) is 0 Å². The summed E-state index contributed by atoms with van der Waals surface area (Å²) in [7, 11) is 1.58. The molecule has 0 aliphatic rings. The lowest BCUT2D eigenvalue weighted by atomic mass is 10.0. The van der Waals surface area contributed by atoms with Gasteiger partial charge in [-0.05, 0) is 64.2 Å². The van der Waals surface area contributed by atoms with Gasteiger partial charge < -0.3 is 19.8 Å². The molecule has 9 heteroatoms. The Kier molecular flexibility index (Phi) is 75.4. The van der Waals surface area contributed by atoms with Gasteiger partial charge in [0.2, 0.25) is 5.91 Å². The number of hydrogen-bond acceptors (Lipinski definition) is 5. The Morgan fingerprint density at radius 2 is 0.611 bits per heavy atom. The number of likely N-dealkylation sites (N-methyl/N-ethyl adjacent to an activating group) is 1. The number of phosphoric acid groups is 1. The molecule has 0 saturated carbocycles. The topological polar surface area (TPSA) is 105 Å². The zero-order chi connectivity index (χ0) is 69.0. The highest BCUT2D eigenvalue weighted by atomic mass is 31.2. The number of aliphatic hydroxyl groups excluding tert-OH is 1. The lowest BCUT2D eigenvalue weighted by Crippen LogP contribution is -2.45. The number of carbonyl (C=O) groups excluding carboxylic acids is 1. The van der Waals surface area contributed by atoms with Crippen molar-refractivity contribution in [2.75, 3.05) is 40.9 Å². The van der Waals surface area contributed by atoms with Crippen LogP contribution in [0.15, 0.2) is 48.6 Å². The molecule has 0 aromatic carbocycles. The number of aliphatic hydroxyl groups is 1. The van der Waals surface area contributed by atoms with Gasteiger partial charge in [-0.1, -0.05) is 422 Å². The van der Waals surface area contributed by atoms with Crippen LogP contribution < -0.4 is 5.32 Å². The van der Waals surface area contributed by atoms with E-state index in [1.807, 2.05) is 27.2 Å². The van der Waals surface area contributed by atoms with Gasteiger partial charge in [-0.3, -0.25) is 13.8 Å². The van der Waals surface area contributed by atoms with Crippen molar-refractivity contribution in [3.8, 4) is 0 Å². The average Bonchev–Trinajstić information content (AvgIpc) is 2.01. The summed E-state index contributed by atoms with van der Waals surface area (Å²) in [6.07, 6.45) is 106. The van der Waals surface area contributed by atoms with E-state index in [9.17, 15) is 19.4 Å². The molecule has 1 amide bonds. The summed E-state index contributed by atoms with van der Waals surface area (Å²) in [5, 5.41) is 14.0. The van der Waals surface area contributed by atoms with E-state index < -0.39 is 20.0 Å². The van der Waals surface area contributed by atoms with Crippen LogP contribution in [0.5, 0.6) is 0 Å². The number of carbonyl (C=O) groups is 1. The van der Waals surface area contributed by atoms with Crippen molar-refractivity contribution in [2.24, 2.45) is 0 Å². The Bertz CT molecular complexity index is 1690. The van der Waals surface area contributed by atoms with Crippen LogP contribution in [0.2, 0.25) is 0 Å². The maximum Gasteiger partial charge on any atom is 0.472 e. The highest BCUT2D eigenvalue weighted by Crippen LogP contribution is 2.43. The van der Waals surface area contributed by atoms with Gasteiger partial charge in [0.25, 0.3) is 0 Å². The minimum atomic E-state index is -4.37. The van der Waals surface area contributed by atoms with E-state index in [0.717, 1.165) is 44.9 Å². The van der Waals surface area contributed by atoms with Crippen LogP contribution in [0.25, 0.3) is 0 Å². The molecule has 0 rings (SSSR count). The van der Waals surface area contributed by atoms with Crippen molar-refractivity contribution in [1.29, 1.82) is 0 Å². The molecule has 8 nitrogen and oxygen atoms in total. The number of phosphoric ester groups is 1. The lowest BCUT2D eigenvalue weighted by molar-refractivity contribution is -0.870. The smallest absolute Gasteiger partial charge is 0.387 e. The molecular formula is C86H168N2O6P+. The molecule has 562 valence electrons. The second-order valence-electron chi connectivity index (χ2n) is 30.6. The highest BCUT2D eigenvalue weighted by Gasteiger charge is 2.28. The van der Waals surface area contributed by atoms with Crippen LogP contribution in [0.1, 0.15) is 444 Å². The molecule has 0 aliphatic carbocycles. The van der Waals surface area contributed by atoms with Crippen molar-refractivity contribution in [3.63, 3.8) is 0 Å². The fraction of sp³-hybridized carbons (Fsp3) is 0.895. The summed E-state index contributed by atoms with van der Waals surface area (Å²) in [6.45, 7) is 4.85. The Morgan fingerprint density at radius 3 is 0.905 bits per heavy atom. The molecular weight excluding hydrogens is 1190 g/mol. The molecule has 0 saturated heterocycles. The van der Waals surface area contributed by atoms with Crippen LogP contribution >= 0.6 is 7.82 Å². The molecule has 0 bridgehead atoms. The minimum Gasteiger partial charge on any atom is -0.387 e. The van der Waals surface area contributed by atoms with Gasteiger partial charge in [0, 0.05) is 6.42 Å². The second kappa shape index (κ2) is 76.6. The standard InChI is InChI=1S/C86H167N2O6P/c1-6-8-10-12-14-16-18-20-22-24-26-28-30-32-34-36-38-40-41-42-43-44-45-46-47-48-50-52-54-56-58-60-62-64-66-68-70-72-74-76-78-80-86(90)87-84(83-94-95(91,92)93-82-81-88(3,4)5)85(89)79-77-75-73-71-69-67-65-63-61-59-57-55-53-51-49-39-37-35-33-31-29-27-25-23-21-19-17-15-13-11-9-7-2/h18,20,24,26,69,71,77,79,84-85,89H,6-17,19,21-23,25,27-68,70,72-76,78,80-83H2,1-5H3,(H-,87,90,91,92)/p+1/b20-18-,26-24-,71-69+,79-77+. The predicted molar refractivity (Wildman–Crippen MR) is 420 cm³/mol. The average molecular weight is 1360 g/mol. The predicted octanol–water partition coefficient (Wildman–Crippen LogP) is 28.1. The molecule has 0 aromatic rings. The Hall–Kier alpha value is -1.54. The number of quaternary nitrogens is 1. The molecule has 0 aliphatic heterocycles. The first kappa shape index (κ1) is 93.5. The molecule has 3 unspecified atom stereocenters. The monoisotopic (exact) mass is 1360 g/mol. The molecule has 3 atom stereocenters. The summed E-state index contributed by atoms with van der Waals surface area (Å²) in [5.74, 6) is -0.177. The Labute approximate surface area is 594 Å². The SMILES string of the molecule is CCCCCCC/C=C\C/C=C\CCCCCCCCCCCCCCCCCCCCCCCCCCCCCCCC(=O)NC(COP(=O)(O)OCC[N+](C)(C)C)C(O)/C=C/CC/C=C/CCCCCCCCCCCCCCCCCCCCCCCCCCCC. The highest BCUT2D eigenvalue weighted by molar-refractivity contribution is 7.47. The van der Waals surface area contributed by atoms with Crippen molar-refractivity contribution in [1.82, 2.24) is 5.32 Å². The number of amides is 1. The van der Waals surface area contributed by atoms with Gasteiger partial charge in [0.05, 0.1) is 39.9 Å². The van der Waals surface area contributed by atoms with Crippen LogP contribution in [0, 0.1) is 0 Å². The van der Waals surface area contributed by atoms with Gasteiger partial charge in [-0.2, -0.15) is 0 Å². The molecule has 3 N–H and O–H groups in total. The maximum absolute atomic E-state index is 13.1. The maximum atomic E-state index is 13.1. The van der Waals surface area contributed by atoms with Gasteiger partial charge in [-0.25, -0.2) is 4.57 Å². The van der Waals surface area contributed by atoms with E-state index in [-0.39, 0.29) is 19.1 Å². The van der Waals surface area contributed by atoms with Gasteiger partial charge in [0.15, 0.2) is 0 Å². The Morgan fingerprint density at radius 1 is 0.358 bits per heavy atom. The first-order valence-electron chi connectivity index (χ1n) is 42.5. The van der Waals surface area contributed by atoms with Gasteiger partial charge in [-0.15, -0.1) is 0 Å². The number of nitrogens with zero attached hydrogens (tertiary/aromatic N) is 1. The lowest BCUT2D eigenvalue weighted by Gasteiger charge is -2.25. The zero-order valence-electron chi connectivity index (χ0n) is 64.7. The van der Waals surface area contributed by atoms with E-state index in [1.54, 1.807) is 6.08 Å². The first-order valence-corrected chi connectivity index (χ1v) is 44.0. The third-order valence-corrected chi connectivity index (χ3v) is 20.8. The normalized spacial score (nSPS) is 13.6. The summed E-state index contributed by atoms with van der Waals surface area (Å²) < 4.78 is 23.9. The van der Waals surface area contributed by atoms with Gasteiger partial charge in [0.1, 0.15) is 13.2 Å². The van der Waals surface area contributed by atoms with E-state index >= 15 is 0 Å². The summed E-state index contributed by atoms with van der Waals surface area (Å²) >= 11 is 0. The van der Waals surface area contributed by atoms with Crippen LogP contribution in [-0.2, 0) is 18.4 Å². The van der Waals surface area contributed by atoms with E-state index in [1.165, 1.54) is 379 Å². The summed E-state index contributed by atoms with van der Waals surface area (Å²) in [6, 6.07) is -0.865. The van der Waals surface area contributed by atoms with Crippen molar-refractivity contribution >= 4 is 13.7 Å². The molecule has 0 fully saturated rings. The molecule has 0 radical (unpaired) electrons. The van der Waals surface area contributed by atoms with Crippen LogP contribution in [0.4, 0.5) is 0 Å². The number of rotatable bonds is 80.